The van der Waals surface area contributed by atoms with Gasteiger partial charge >= 0.3 is 27.3 Å². The molecule has 0 aliphatic rings. The number of hydrogen-bond donors (Lipinski definition) is 6. The molecule has 0 saturated heterocycles. The van der Waals surface area contributed by atoms with Gasteiger partial charge in [-0.05, 0) is 31.5 Å². The van der Waals surface area contributed by atoms with Crippen molar-refractivity contribution in [2.75, 3.05) is 13.2 Å². The molecule has 284 valence electrons. The Morgan fingerprint density at radius 2 is 1.53 bits per heavy atom. The lowest BCUT2D eigenvalue weighted by Gasteiger charge is -2.19. The van der Waals surface area contributed by atoms with E-state index in [0.717, 1.165) is 23.5 Å². The number of nitrogens with two attached hydrogens (primary N) is 2. The molecule has 0 saturated carbocycles. The van der Waals surface area contributed by atoms with Gasteiger partial charge in [0.25, 0.3) is 10.0 Å². The highest BCUT2D eigenvalue weighted by atomic mass is 32.2. The van der Waals surface area contributed by atoms with Crippen molar-refractivity contribution < 1.29 is 84.2 Å². The van der Waals surface area contributed by atoms with E-state index in [4.69, 9.17) is 46.0 Å². The van der Waals surface area contributed by atoms with E-state index in [0.29, 0.717) is 10.8 Å². The first-order valence-electron chi connectivity index (χ1n) is 13.2. The molecular weight excluding hydrogens is 774 g/mol. The van der Waals surface area contributed by atoms with Crippen LogP contribution in [0.1, 0.15) is 32.2 Å². The van der Waals surface area contributed by atoms with E-state index in [1.807, 2.05) is 4.72 Å². The molecule has 3 atom stereocenters. The van der Waals surface area contributed by atoms with Crippen LogP contribution in [-0.4, -0.2) is 77.9 Å². The number of rotatable bonds is 11. The number of ether oxygens (including phenoxy) is 2. The van der Waals surface area contributed by atoms with Crippen molar-refractivity contribution in [3.05, 3.63) is 47.3 Å². The van der Waals surface area contributed by atoms with Gasteiger partial charge in [0.15, 0.2) is 11.5 Å². The minimum absolute atomic E-state index is 0. The van der Waals surface area contributed by atoms with Crippen molar-refractivity contribution in [2.45, 2.75) is 48.4 Å². The minimum atomic E-state index is -5.19. The Kier molecular flexibility index (Phi) is 15.7. The van der Waals surface area contributed by atoms with Crippen LogP contribution in [0, 0.1) is 17.1 Å². The van der Waals surface area contributed by atoms with E-state index in [1.165, 1.54) is 12.1 Å². The molecule has 3 aromatic rings. The van der Waals surface area contributed by atoms with Gasteiger partial charge in [0.1, 0.15) is 36.9 Å². The summed E-state index contributed by atoms with van der Waals surface area (Å²) >= 11 is 0.720. The average Bonchev–Trinajstić information content (AvgIpc) is 3.40. The summed E-state index contributed by atoms with van der Waals surface area (Å²) in [5, 5.41) is 24.8. The van der Waals surface area contributed by atoms with Crippen LogP contribution in [0.3, 0.4) is 0 Å². The van der Waals surface area contributed by atoms with Crippen LogP contribution < -0.4 is 30.8 Å². The molecule has 1 aromatic heterocycles. The predicted octanol–water partition coefficient (Wildman–Crippen LogP) is 1.96. The van der Waals surface area contributed by atoms with E-state index >= 15 is 0 Å². The van der Waals surface area contributed by atoms with Crippen LogP contribution in [0.2, 0.25) is 0 Å². The van der Waals surface area contributed by atoms with Crippen molar-refractivity contribution in [2.24, 2.45) is 11.5 Å². The Balaban J connectivity index is 0.00000146. The number of hydrogen-bond acceptors (Lipinski definition) is 13. The van der Waals surface area contributed by atoms with Crippen molar-refractivity contribution in [3.63, 3.8) is 0 Å². The van der Waals surface area contributed by atoms with Gasteiger partial charge in [-0.3, -0.25) is 4.57 Å². The summed E-state index contributed by atoms with van der Waals surface area (Å²) in [4.78, 5) is 41.4. The maximum Gasteiger partial charge on any atom is 1.00 e. The van der Waals surface area contributed by atoms with E-state index in [9.17, 15) is 53.5 Å². The van der Waals surface area contributed by atoms with E-state index < -0.39 is 57.9 Å². The maximum atomic E-state index is 14.1. The third-order valence-corrected chi connectivity index (χ3v) is 9.27. The van der Waals surface area contributed by atoms with E-state index in [-0.39, 0.29) is 54.9 Å². The highest BCUT2D eigenvalue weighted by Gasteiger charge is 2.38. The average molecular weight is 802 g/mol. The summed E-state index contributed by atoms with van der Waals surface area (Å²) in [5.41, 5.74) is 11.0. The second-order valence-electron chi connectivity index (χ2n) is 9.88. The van der Waals surface area contributed by atoms with E-state index in [2.05, 4.69) is 4.98 Å². The summed E-state index contributed by atoms with van der Waals surface area (Å²) in [5.74, 6) is -8.40. The number of aliphatic carboxylic acids is 2. The molecule has 0 radical (unpaired) electrons. The first-order valence-corrected chi connectivity index (χ1v) is 17.1. The predicted molar refractivity (Wildman–Crippen MR) is 160 cm³/mol. The Labute approximate surface area is 288 Å². The zero-order chi connectivity index (χ0) is 39.7. The largest absolute Gasteiger partial charge is 1.00 e. The number of nitrogens with one attached hydrogen (secondary N) is 1. The molecule has 3 unspecified atom stereocenters. The summed E-state index contributed by atoms with van der Waals surface area (Å²) in [6, 6.07) is 6.69. The molecule has 0 aliphatic heterocycles. The number of alkyl halides is 6. The summed E-state index contributed by atoms with van der Waals surface area (Å²) in [6.07, 6.45) is -10.3. The molecule has 1 heterocycles. The zero-order valence-corrected chi connectivity index (χ0v) is 28.1. The van der Waals surface area contributed by atoms with Gasteiger partial charge in [0.05, 0.1) is 15.8 Å². The van der Waals surface area contributed by atoms with Gasteiger partial charge in [-0.2, -0.15) is 36.3 Å². The lowest BCUT2D eigenvalue weighted by Crippen LogP contribution is -2.37. The maximum absolute atomic E-state index is 14.1. The first kappa shape index (κ1) is 44.9. The number of aromatic nitrogens is 1. The number of carbonyl (C=O) groups is 2. The molecule has 16 nitrogen and oxygen atoms in total. The Morgan fingerprint density at radius 3 is 1.90 bits per heavy atom. The minimum Gasteiger partial charge on any atom is -0.542 e. The van der Waals surface area contributed by atoms with Gasteiger partial charge in [-0.1, -0.05) is 6.07 Å². The first-order chi connectivity index (χ1) is 23.1. The number of carbonyl (C=O) groups excluding carboxylic acids is 1. The van der Waals surface area contributed by atoms with Crippen LogP contribution in [0.25, 0.3) is 10.2 Å². The van der Waals surface area contributed by atoms with E-state index in [1.54, 1.807) is 19.9 Å². The number of nitriles is 1. The van der Waals surface area contributed by atoms with Crippen molar-refractivity contribution in [1.82, 2.24) is 9.71 Å². The van der Waals surface area contributed by atoms with Crippen molar-refractivity contribution in [3.8, 4) is 17.6 Å². The van der Waals surface area contributed by atoms with Crippen molar-refractivity contribution in [1.29, 1.82) is 5.26 Å². The van der Waals surface area contributed by atoms with Crippen LogP contribution in [0.5, 0.6) is 11.5 Å². The van der Waals surface area contributed by atoms with Crippen LogP contribution >= 0.6 is 18.9 Å². The standard InChI is InChI=1S/C21H25FN5O7PS2.2C2HF3O2/c1-11(24)9-33-17-6-16-19(7-18(17)34-10-12(2)25)36-21(26-16)37(31,32)27-20(35(28,29)30)13-3-4-14(8-23)15(22)5-13;2*3-2(4,5)1(6)7/h3-7,11-12,20,27H,9-10,24-25H2,1-2H3,(H2,28,29,30);2*(H,6,7). The third kappa shape index (κ3) is 14.5. The normalized spacial score (nSPS) is 13.7. The number of carboxylic acids is 2. The number of carboxylic acid groups (broad SMARTS) is 2. The summed E-state index contributed by atoms with van der Waals surface area (Å²) < 4.78 is 129. The third-order valence-electron chi connectivity index (χ3n) is 5.17. The van der Waals surface area contributed by atoms with Crippen LogP contribution in [-0.2, 0) is 24.2 Å². The monoisotopic (exact) mass is 801 g/mol. The SMILES string of the molecule is CC(N)COc1cc2nc(S(=O)(=O)NC(c3ccc(C#N)c(F)c3)P(=O)(O)O)sc2cc1OCC(C)N.O=C(O)C(F)(F)F.O=C([O-])C(F)(F)F.[H+]. The highest BCUT2D eigenvalue weighted by Crippen LogP contribution is 2.51. The molecule has 0 aliphatic carbocycles. The Bertz CT molecular complexity index is 1830. The molecule has 3 rings (SSSR count). The number of fused-ring (bicyclic) bond motifs is 1. The van der Waals surface area contributed by atoms with Crippen LogP contribution in [0.4, 0.5) is 30.7 Å². The van der Waals surface area contributed by atoms with Crippen LogP contribution in [0.15, 0.2) is 34.7 Å². The second-order valence-corrected chi connectivity index (χ2v) is 14.5. The number of halogens is 7. The number of benzene rings is 2. The Hall–Kier alpha value is -4.15. The van der Waals surface area contributed by atoms with Gasteiger partial charge in [0.2, 0.25) is 4.34 Å². The lowest BCUT2D eigenvalue weighted by atomic mass is 10.1. The number of thiazole rings is 1. The van der Waals surface area contributed by atoms with Gasteiger partial charge in [0, 0.05) is 24.2 Å². The van der Waals surface area contributed by atoms with Gasteiger partial charge < -0.3 is 45.7 Å². The molecule has 26 heteroatoms. The molecule has 2 aromatic carbocycles. The van der Waals surface area contributed by atoms with Gasteiger partial charge in [-0.25, -0.2) is 22.6 Å². The molecule has 0 spiro atoms. The topological polar surface area (TPSA) is 288 Å². The molecule has 51 heavy (non-hydrogen) atoms. The lowest BCUT2D eigenvalue weighted by molar-refractivity contribution is -0.344. The smallest absolute Gasteiger partial charge is 0.542 e. The highest BCUT2D eigenvalue weighted by molar-refractivity contribution is 7.91. The fourth-order valence-corrected chi connectivity index (χ4v) is 6.84. The number of sulfonamides is 1. The van der Waals surface area contributed by atoms with Gasteiger partial charge in [-0.15, -0.1) is 11.3 Å². The fourth-order valence-electron chi connectivity index (χ4n) is 3.02. The molecule has 0 bridgehead atoms. The Morgan fingerprint density at radius 1 is 1.06 bits per heavy atom. The van der Waals surface area contributed by atoms with Crippen molar-refractivity contribution >= 4 is 51.1 Å². The molecule has 0 fully saturated rings. The second kappa shape index (κ2) is 17.9. The zero-order valence-electron chi connectivity index (χ0n) is 26.6. The summed E-state index contributed by atoms with van der Waals surface area (Å²) in [7, 11) is -9.77. The fraction of sp³-hybridized carbons (Fsp3) is 0.360. The summed E-state index contributed by atoms with van der Waals surface area (Å²) in [6.45, 7) is 3.76. The molecule has 0 amide bonds. The molecular formula is C25H27F7N5O11PS2. The number of nitrogens with zero attached hydrogens (tertiary/aromatic N) is 2. The molecule has 8 N–H and O–H groups in total. The quantitative estimate of drug-likeness (QED) is 0.119.